The van der Waals surface area contributed by atoms with Crippen molar-refractivity contribution in [2.75, 3.05) is 24.9 Å². The van der Waals surface area contributed by atoms with Crippen LogP contribution in [0.4, 0.5) is 11.4 Å². The standard InChI is InChI=1S/C35H34N2O7/c1-35(41)21-27(38)31(33(39)36-25-16-7-9-18-28(25)42-2)30(32(35)34(40)37-26-17-8-10-19-29(26)43-3)22-12-11-15-24(20-22)44-23-13-5-4-6-14-23/h4-20,30-32,41H,21H2,1-3H3,(H,36,39)(H,37,40). The highest BCUT2D eigenvalue weighted by Crippen LogP contribution is 2.47. The number of carbonyl (C=O) groups excluding carboxylic acids is 3. The molecule has 226 valence electrons. The number of benzene rings is 4. The first kappa shape index (κ1) is 30.3. The number of hydrogen-bond acceptors (Lipinski definition) is 7. The summed E-state index contributed by atoms with van der Waals surface area (Å²) in [6, 6.07) is 29.8. The second kappa shape index (κ2) is 13.0. The number of methoxy groups -OCH3 is 2. The summed E-state index contributed by atoms with van der Waals surface area (Å²) in [4.78, 5) is 41.9. The number of nitrogens with one attached hydrogen (secondary N) is 2. The third kappa shape index (κ3) is 6.43. The zero-order valence-corrected chi connectivity index (χ0v) is 24.7. The van der Waals surface area contributed by atoms with Gasteiger partial charge in [-0.05, 0) is 61.0 Å². The summed E-state index contributed by atoms with van der Waals surface area (Å²) >= 11 is 0. The molecule has 4 unspecified atom stereocenters. The second-order valence-electron chi connectivity index (χ2n) is 10.8. The Balaban J connectivity index is 1.59. The number of rotatable bonds is 9. The Morgan fingerprint density at radius 3 is 1.91 bits per heavy atom. The van der Waals surface area contributed by atoms with Crippen LogP contribution >= 0.6 is 0 Å². The minimum atomic E-state index is -1.79. The van der Waals surface area contributed by atoms with Crippen LogP contribution in [0.15, 0.2) is 103 Å². The molecule has 1 fully saturated rings. The maximum atomic E-state index is 14.1. The Morgan fingerprint density at radius 1 is 0.750 bits per heavy atom. The average molecular weight is 595 g/mol. The van der Waals surface area contributed by atoms with Gasteiger partial charge in [0.2, 0.25) is 11.8 Å². The highest BCUT2D eigenvalue weighted by Gasteiger charge is 2.56. The molecule has 0 saturated heterocycles. The van der Waals surface area contributed by atoms with Gasteiger partial charge in [0.1, 0.15) is 34.7 Å². The van der Waals surface area contributed by atoms with Gasteiger partial charge in [-0.15, -0.1) is 0 Å². The van der Waals surface area contributed by atoms with E-state index in [1.807, 2.05) is 18.2 Å². The lowest BCUT2D eigenvalue weighted by Crippen LogP contribution is -2.56. The topological polar surface area (TPSA) is 123 Å². The zero-order chi connectivity index (χ0) is 31.3. The van der Waals surface area contributed by atoms with Gasteiger partial charge >= 0.3 is 0 Å². The highest BCUT2D eigenvalue weighted by molar-refractivity contribution is 6.11. The number of anilines is 2. The van der Waals surface area contributed by atoms with Gasteiger partial charge in [-0.2, -0.15) is 0 Å². The van der Waals surface area contributed by atoms with E-state index in [2.05, 4.69) is 10.6 Å². The summed E-state index contributed by atoms with van der Waals surface area (Å²) < 4.78 is 16.9. The van der Waals surface area contributed by atoms with Crippen molar-refractivity contribution in [2.45, 2.75) is 24.9 Å². The molecule has 1 aliphatic rings. The van der Waals surface area contributed by atoms with E-state index in [0.717, 1.165) is 0 Å². The van der Waals surface area contributed by atoms with Crippen LogP contribution in [0.1, 0.15) is 24.8 Å². The minimum absolute atomic E-state index is 0.375. The van der Waals surface area contributed by atoms with Crippen LogP contribution < -0.4 is 24.8 Å². The van der Waals surface area contributed by atoms with Crippen molar-refractivity contribution in [3.63, 3.8) is 0 Å². The molecule has 9 heteroatoms. The summed E-state index contributed by atoms with van der Waals surface area (Å²) in [7, 11) is 2.97. The zero-order valence-electron chi connectivity index (χ0n) is 24.7. The third-order valence-electron chi connectivity index (χ3n) is 7.78. The van der Waals surface area contributed by atoms with Crippen LogP contribution in [0.5, 0.6) is 23.0 Å². The van der Waals surface area contributed by atoms with E-state index in [9.17, 15) is 19.5 Å². The van der Waals surface area contributed by atoms with Crippen LogP contribution in [-0.2, 0) is 14.4 Å². The lowest BCUT2D eigenvalue weighted by Gasteiger charge is -2.44. The fourth-order valence-corrected chi connectivity index (χ4v) is 5.82. The average Bonchev–Trinajstić information content (AvgIpc) is 3.01. The van der Waals surface area contributed by atoms with Crippen LogP contribution in [-0.4, -0.2) is 42.5 Å². The van der Waals surface area contributed by atoms with Crippen molar-refractivity contribution in [3.05, 3.63) is 109 Å². The molecule has 3 N–H and O–H groups in total. The summed E-state index contributed by atoms with van der Waals surface area (Å²) in [6.07, 6.45) is -0.405. The van der Waals surface area contributed by atoms with Gasteiger partial charge in [0, 0.05) is 12.3 Å². The summed E-state index contributed by atoms with van der Waals surface area (Å²) in [5, 5.41) is 17.4. The first-order valence-corrected chi connectivity index (χ1v) is 14.2. The van der Waals surface area contributed by atoms with Crippen LogP contribution in [0.3, 0.4) is 0 Å². The Hall–Kier alpha value is -5.15. The molecule has 1 aliphatic carbocycles. The molecule has 4 aromatic carbocycles. The Bertz CT molecular complexity index is 1650. The van der Waals surface area contributed by atoms with Crippen molar-refractivity contribution in [1.82, 2.24) is 0 Å². The molecule has 0 bridgehead atoms. The Kier molecular flexibility index (Phi) is 8.96. The van der Waals surface area contributed by atoms with E-state index in [-0.39, 0.29) is 0 Å². The smallest absolute Gasteiger partial charge is 0.235 e. The SMILES string of the molecule is COc1ccccc1NC(=O)C1C(=O)CC(C)(O)C(C(=O)Nc2ccccc2OC)C1c1cccc(Oc2ccccc2)c1. The fraction of sp³-hybridized carbons (Fsp3) is 0.229. The van der Waals surface area contributed by atoms with Crippen LogP contribution in [0.2, 0.25) is 0 Å². The third-order valence-corrected chi connectivity index (χ3v) is 7.78. The molecule has 0 heterocycles. The number of aliphatic hydroxyl groups is 1. The van der Waals surface area contributed by atoms with Gasteiger partial charge in [-0.1, -0.05) is 54.6 Å². The first-order chi connectivity index (χ1) is 21.2. The van der Waals surface area contributed by atoms with E-state index in [1.165, 1.54) is 21.1 Å². The monoisotopic (exact) mass is 594 g/mol. The molecule has 0 spiro atoms. The van der Waals surface area contributed by atoms with Crippen LogP contribution in [0.25, 0.3) is 0 Å². The summed E-state index contributed by atoms with van der Waals surface area (Å²) in [5.41, 5.74) is -0.541. The molecule has 2 amide bonds. The van der Waals surface area contributed by atoms with E-state index >= 15 is 0 Å². The quantitative estimate of drug-likeness (QED) is 0.209. The fourth-order valence-electron chi connectivity index (χ4n) is 5.82. The molecule has 44 heavy (non-hydrogen) atoms. The van der Waals surface area contributed by atoms with Crippen molar-refractivity contribution >= 4 is 29.0 Å². The lowest BCUT2D eigenvalue weighted by atomic mass is 9.61. The molecular weight excluding hydrogens is 560 g/mol. The molecule has 4 atom stereocenters. The number of amides is 2. The van der Waals surface area contributed by atoms with Crippen LogP contribution in [0, 0.1) is 11.8 Å². The molecule has 9 nitrogen and oxygen atoms in total. The molecular formula is C35H34N2O7. The molecule has 1 saturated carbocycles. The number of ether oxygens (including phenoxy) is 3. The predicted octanol–water partition coefficient (Wildman–Crippen LogP) is 5.81. The van der Waals surface area contributed by atoms with Gasteiger partial charge in [0.25, 0.3) is 0 Å². The number of carbonyl (C=O) groups is 3. The highest BCUT2D eigenvalue weighted by atomic mass is 16.5. The largest absolute Gasteiger partial charge is 0.495 e. The Labute approximate surface area is 255 Å². The minimum Gasteiger partial charge on any atom is -0.495 e. The lowest BCUT2D eigenvalue weighted by molar-refractivity contribution is -0.150. The number of Topliss-reactive ketones (excluding diaryl/α,β-unsaturated/α-hetero) is 1. The van der Waals surface area contributed by atoms with Gasteiger partial charge in [-0.3, -0.25) is 14.4 Å². The van der Waals surface area contributed by atoms with Crippen molar-refractivity contribution < 1.29 is 33.7 Å². The number of ketones is 1. The number of hydrogen-bond donors (Lipinski definition) is 3. The first-order valence-electron chi connectivity index (χ1n) is 14.2. The van der Waals surface area contributed by atoms with Gasteiger partial charge in [0.05, 0.1) is 37.1 Å². The maximum absolute atomic E-state index is 14.1. The van der Waals surface area contributed by atoms with E-state index in [0.29, 0.717) is 39.9 Å². The molecule has 4 aromatic rings. The van der Waals surface area contributed by atoms with Gasteiger partial charge in [0.15, 0.2) is 0 Å². The second-order valence-corrected chi connectivity index (χ2v) is 10.8. The predicted molar refractivity (Wildman–Crippen MR) is 166 cm³/mol. The molecule has 0 aromatic heterocycles. The summed E-state index contributed by atoms with van der Waals surface area (Å²) in [5.74, 6) is -3.41. The molecule has 0 radical (unpaired) electrons. The van der Waals surface area contributed by atoms with Gasteiger partial charge in [-0.25, -0.2) is 0 Å². The normalized spacial score (nSPS) is 21.2. The van der Waals surface area contributed by atoms with Crippen molar-refractivity contribution in [2.24, 2.45) is 11.8 Å². The Morgan fingerprint density at radius 2 is 1.30 bits per heavy atom. The van der Waals surface area contributed by atoms with E-state index in [4.69, 9.17) is 14.2 Å². The summed E-state index contributed by atoms with van der Waals surface area (Å²) in [6.45, 7) is 1.45. The molecule has 0 aliphatic heterocycles. The number of para-hydroxylation sites is 5. The van der Waals surface area contributed by atoms with E-state index in [1.54, 1.807) is 84.9 Å². The van der Waals surface area contributed by atoms with E-state index < -0.39 is 47.4 Å². The van der Waals surface area contributed by atoms with Gasteiger partial charge < -0.3 is 30.0 Å². The van der Waals surface area contributed by atoms with Crippen molar-refractivity contribution in [3.8, 4) is 23.0 Å². The maximum Gasteiger partial charge on any atom is 0.235 e. The van der Waals surface area contributed by atoms with Crippen molar-refractivity contribution in [1.29, 1.82) is 0 Å². The molecule has 5 rings (SSSR count).